The van der Waals surface area contributed by atoms with Crippen molar-refractivity contribution in [3.05, 3.63) is 106 Å². The van der Waals surface area contributed by atoms with E-state index >= 15 is 4.79 Å². The summed E-state index contributed by atoms with van der Waals surface area (Å²) in [4.78, 5) is 60.9. The molecule has 0 spiro atoms. The highest BCUT2D eigenvalue weighted by Gasteiger charge is 2.68. The van der Waals surface area contributed by atoms with Gasteiger partial charge in [-0.1, -0.05) is 35.4 Å². The van der Waals surface area contributed by atoms with E-state index in [0.29, 0.717) is 44.6 Å². The molecule has 9 rings (SSSR count). The Labute approximate surface area is 358 Å². The lowest BCUT2D eigenvalue weighted by molar-refractivity contribution is -0.143. The van der Waals surface area contributed by atoms with E-state index in [4.69, 9.17) is 21.4 Å². The largest absolute Gasteiger partial charge is 0.491 e. The van der Waals surface area contributed by atoms with E-state index in [1.165, 1.54) is 16.0 Å². The van der Waals surface area contributed by atoms with Crippen LogP contribution in [0.5, 0.6) is 5.75 Å². The summed E-state index contributed by atoms with van der Waals surface area (Å²) in [5.74, 6) is -7.85. The van der Waals surface area contributed by atoms with Crippen molar-refractivity contribution >= 4 is 68.2 Å². The summed E-state index contributed by atoms with van der Waals surface area (Å²) < 4.78 is 91.6. The van der Waals surface area contributed by atoms with Crippen molar-refractivity contribution < 1.29 is 55.4 Å². The maximum absolute atomic E-state index is 15.1. The summed E-state index contributed by atoms with van der Waals surface area (Å²) in [6.45, 7) is 3.36. The van der Waals surface area contributed by atoms with Crippen LogP contribution in [0.1, 0.15) is 47.9 Å². The molecule has 2 aromatic heterocycles. The number of carbonyl (C=O) groups is 4. The average Bonchev–Trinajstić information content (AvgIpc) is 3.89. The Hall–Kier alpha value is -5.52. The number of thiophene rings is 1. The van der Waals surface area contributed by atoms with Crippen LogP contribution in [-0.4, -0.2) is 51.7 Å². The van der Waals surface area contributed by atoms with Crippen molar-refractivity contribution in [1.29, 1.82) is 0 Å². The molecule has 62 heavy (non-hydrogen) atoms. The fourth-order valence-corrected chi connectivity index (χ4v) is 11.4. The number of aliphatic hydroxyl groups excluding tert-OH is 1. The zero-order valence-electron chi connectivity index (χ0n) is 33.0. The molecule has 4 amide bonds. The third-order valence-corrected chi connectivity index (χ3v) is 14.4. The van der Waals surface area contributed by atoms with Crippen LogP contribution in [0.3, 0.4) is 0 Å². The van der Waals surface area contributed by atoms with Crippen LogP contribution < -0.4 is 14.5 Å². The summed E-state index contributed by atoms with van der Waals surface area (Å²) in [5.41, 5.74) is -3.21. The van der Waals surface area contributed by atoms with Gasteiger partial charge in [-0.25, -0.2) is 9.80 Å². The van der Waals surface area contributed by atoms with Gasteiger partial charge in [0.05, 0.1) is 51.5 Å². The number of anilines is 2. The van der Waals surface area contributed by atoms with Crippen LogP contribution >= 0.6 is 22.9 Å². The van der Waals surface area contributed by atoms with Gasteiger partial charge < -0.3 is 9.84 Å². The maximum Gasteiger partial charge on any atom is 0.416 e. The second-order valence-corrected chi connectivity index (χ2v) is 17.8. The number of hydrogen-bond acceptors (Lipinski definition) is 8. The molecular formula is C44H35ClF6N4O6S. The van der Waals surface area contributed by atoms with Gasteiger partial charge in [0.25, 0.3) is 0 Å². The van der Waals surface area contributed by atoms with E-state index in [-0.39, 0.29) is 37.9 Å². The number of nitrogens with zero attached hydrogens (tertiary/aromatic N) is 4. The van der Waals surface area contributed by atoms with Gasteiger partial charge in [0, 0.05) is 28.8 Å². The quantitative estimate of drug-likeness (QED) is 0.0983. The third-order valence-electron chi connectivity index (χ3n) is 12.9. The van der Waals surface area contributed by atoms with Crippen LogP contribution in [-0.2, 0) is 38.6 Å². The first kappa shape index (κ1) is 41.8. The van der Waals surface area contributed by atoms with Gasteiger partial charge in [-0.3, -0.25) is 23.9 Å². The van der Waals surface area contributed by atoms with Gasteiger partial charge in [0.2, 0.25) is 23.6 Å². The molecule has 1 N–H and O–H groups in total. The molecule has 322 valence electrons. The molecule has 4 aliphatic rings. The van der Waals surface area contributed by atoms with Gasteiger partial charge in [-0.05, 0) is 97.7 Å². The first-order valence-corrected chi connectivity index (χ1v) is 20.8. The molecule has 10 nitrogen and oxygen atoms in total. The first-order valence-electron chi connectivity index (χ1n) is 19.6. The summed E-state index contributed by atoms with van der Waals surface area (Å²) in [6, 6.07) is 14.5. The Bertz CT molecular complexity index is 2730. The fraction of sp³-hybridized carbons (Fsp3) is 0.341. The van der Waals surface area contributed by atoms with Gasteiger partial charge in [-0.15, -0.1) is 11.3 Å². The van der Waals surface area contributed by atoms with Crippen molar-refractivity contribution in [3.8, 4) is 16.3 Å². The van der Waals surface area contributed by atoms with Crippen LogP contribution in [0, 0.1) is 36.0 Å². The highest BCUT2D eigenvalue weighted by molar-refractivity contribution is 7.22. The maximum atomic E-state index is 15.1. The Morgan fingerprint density at radius 2 is 1.56 bits per heavy atom. The SMILES string of the molecule is Cc1c(-c2cc(N3C(=O)[C@@H]4C[C@@H]5C(=CC[C@@H]6C(=O)N(c7cc(C(F)(F)F)cc(C(F)(F)F)c7)C(=O)[C@@H]65)[C@H](c5ccc(OCCO)cc5)[C@]4(C)C3=O)n(C)n2)sc2ccc(Cl)cc12. The van der Waals surface area contributed by atoms with E-state index in [2.05, 4.69) is 0 Å². The number of halogens is 7. The van der Waals surface area contributed by atoms with Gasteiger partial charge >= 0.3 is 12.4 Å². The molecule has 1 saturated carbocycles. The van der Waals surface area contributed by atoms with E-state index in [0.717, 1.165) is 25.4 Å². The summed E-state index contributed by atoms with van der Waals surface area (Å²) in [6.07, 6.45) is -8.97. The van der Waals surface area contributed by atoms with Gasteiger partial charge in [-0.2, -0.15) is 31.4 Å². The molecule has 0 unspecified atom stereocenters. The normalized spacial score (nSPS) is 25.1. The molecule has 3 aromatic carbocycles. The van der Waals surface area contributed by atoms with Gasteiger partial charge in [0.1, 0.15) is 23.9 Å². The smallest absolute Gasteiger partial charge is 0.416 e. The van der Waals surface area contributed by atoms with E-state index < -0.39 is 87.8 Å². The van der Waals surface area contributed by atoms with Crippen LogP contribution in [0.2, 0.25) is 5.02 Å². The Kier molecular flexibility index (Phi) is 9.79. The number of aromatic nitrogens is 2. The van der Waals surface area contributed by atoms with Crippen molar-refractivity contribution in [3.63, 3.8) is 0 Å². The lowest BCUT2D eigenvalue weighted by Crippen LogP contribution is -2.48. The molecule has 3 fully saturated rings. The number of hydrogen-bond donors (Lipinski definition) is 1. The van der Waals surface area contributed by atoms with Crippen molar-refractivity contribution in [2.75, 3.05) is 23.0 Å². The van der Waals surface area contributed by atoms with E-state index in [9.17, 15) is 45.8 Å². The first-order chi connectivity index (χ1) is 29.2. The van der Waals surface area contributed by atoms with Crippen LogP contribution in [0.4, 0.5) is 37.8 Å². The number of ether oxygens (including phenoxy) is 1. The topological polar surface area (TPSA) is 122 Å². The number of aryl methyl sites for hydroxylation is 2. The number of amides is 4. The zero-order valence-corrected chi connectivity index (χ0v) is 34.5. The van der Waals surface area contributed by atoms with E-state index in [1.807, 2.05) is 19.1 Å². The number of allylic oxidation sites excluding steroid dienone is 2. The molecule has 2 aliphatic carbocycles. The highest BCUT2D eigenvalue weighted by atomic mass is 35.5. The summed E-state index contributed by atoms with van der Waals surface area (Å²) in [5, 5.41) is 15.5. The number of aliphatic hydroxyl groups is 1. The number of benzene rings is 3. The number of carbonyl (C=O) groups excluding carboxylic acids is 4. The Morgan fingerprint density at radius 3 is 2.21 bits per heavy atom. The second kappa shape index (κ2) is 14.5. The molecule has 18 heteroatoms. The predicted octanol–water partition coefficient (Wildman–Crippen LogP) is 9.11. The standard InChI is InChI=1S/C44H35ClF6N4O6S/c1-20-29-17-24(45)6-11-33(29)62-37(20)32-19-34(53(3)52-32)55-39(58)31-18-30-27(36(42(31,2)41(55)60)21-4-7-26(8-5-21)61-13-12-56)9-10-28-35(30)40(59)54(38(28)57)25-15-22(43(46,47)48)14-23(16-25)44(49,50)51/h4-9,11,14-17,19,28,30-31,35-36,56H,10,12-13,18H2,1-3H3/t28-,30+,31-,35-,36-,42+/m0/s1. The lowest BCUT2D eigenvalue weighted by Gasteiger charge is -2.49. The zero-order chi connectivity index (χ0) is 44.4. The lowest BCUT2D eigenvalue weighted by atomic mass is 9.51. The number of alkyl halides is 6. The monoisotopic (exact) mass is 896 g/mol. The number of fused-ring (bicyclic) bond motifs is 5. The summed E-state index contributed by atoms with van der Waals surface area (Å²) in [7, 11) is 1.61. The fourth-order valence-electron chi connectivity index (χ4n) is 10.1. The van der Waals surface area contributed by atoms with Crippen LogP contribution in [0.25, 0.3) is 20.7 Å². The average molecular weight is 897 g/mol. The van der Waals surface area contributed by atoms with Crippen molar-refractivity contribution in [2.24, 2.45) is 36.1 Å². The number of imide groups is 2. The van der Waals surface area contributed by atoms with Crippen molar-refractivity contribution in [2.45, 2.75) is 45.0 Å². The molecule has 2 saturated heterocycles. The second-order valence-electron chi connectivity index (χ2n) is 16.3. The Morgan fingerprint density at radius 1 is 0.887 bits per heavy atom. The molecule has 6 atom stereocenters. The molecule has 0 radical (unpaired) electrons. The predicted molar refractivity (Wildman–Crippen MR) is 216 cm³/mol. The molecular weight excluding hydrogens is 862 g/mol. The summed E-state index contributed by atoms with van der Waals surface area (Å²) >= 11 is 7.76. The Balaban J connectivity index is 1.14. The molecule has 5 aromatic rings. The van der Waals surface area contributed by atoms with Crippen LogP contribution in [0.15, 0.2) is 78.4 Å². The molecule has 2 aliphatic heterocycles. The minimum Gasteiger partial charge on any atom is -0.491 e. The van der Waals surface area contributed by atoms with E-state index in [1.54, 1.807) is 56.4 Å². The number of rotatable bonds is 7. The third kappa shape index (κ3) is 6.36. The highest BCUT2D eigenvalue weighted by Crippen LogP contribution is 2.64. The van der Waals surface area contributed by atoms with Gasteiger partial charge in [0.15, 0.2) is 0 Å². The minimum absolute atomic E-state index is 0.00521. The van der Waals surface area contributed by atoms with Crippen molar-refractivity contribution in [1.82, 2.24) is 9.78 Å². The molecule has 4 heterocycles. The minimum atomic E-state index is -5.23. The molecule has 0 bridgehead atoms.